The minimum absolute atomic E-state index is 0.0958. The van der Waals surface area contributed by atoms with E-state index in [0.717, 1.165) is 16.0 Å². The molecule has 0 heterocycles. The van der Waals surface area contributed by atoms with Crippen LogP contribution in [0.3, 0.4) is 0 Å². The standard InChI is InChI=1S/C38H33N3O5S/c1-45-31-23-30(24-32(25-31)46-2)40-38(44)35(27-14-8-4-9-15-27)47-33-20-18-29(19-21-33)39-37(43)34(22-26-12-6-3-7-13-26)41-36(42)28-16-10-5-11-17-28/h3-25,35H,1-2H3,(H,39,43)(H,40,44)(H,41,42)/b34-22-. The molecule has 0 bridgehead atoms. The number of carbonyl (C=O) groups excluding carboxylic acids is 3. The summed E-state index contributed by atoms with van der Waals surface area (Å²) in [6.07, 6.45) is 1.63. The molecule has 0 fully saturated rings. The van der Waals surface area contributed by atoms with E-state index in [0.29, 0.717) is 28.4 Å². The average molecular weight is 644 g/mol. The van der Waals surface area contributed by atoms with E-state index in [9.17, 15) is 14.4 Å². The maximum Gasteiger partial charge on any atom is 0.272 e. The largest absolute Gasteiger partial charge is 0.497 e. The molecular formula is C38H33N3O5S. The van der Waals surface area contributed by atoms with Crippen molar-refractivity contribution in [2.75, 3.05) is 24.9 Å². The van der Waals surface area contributed by atoms with E-state index < -0.39 is 17.1 Å². The lowest BCUT2D eigenvalue weighted by Gasteiger charge is -2.18. The van der Waals surface area contributed by atoms with Gasteiger partial charge >= 0.3 is 0 Å². The van der Waals surface area contributed by atoms with Gasteiger partial charge in [-0.15, -0.1) is 11.8 Å². The molecule has 0 spiro atoms. The quantitative estimate of drug-likeness (QED) is 0.0956. The number of hydrogen-bond donors (Lipinski definition) is 3. The first-order valence-electron chi connectivity index (χ1n) is 14.7. The molecule has 0 saturated carbocycles. The SMILES string of the molecule is COc1cc(NC(=O)C(Sc2ccc(NC(=O)/C(=C/c3ccccc3)NC(=O)c3ccccc3)cc2)c2ccccc2)cc(OC)c1. The van der Waals surface area contributed by atoms with Gasteiger partial charge in [0.15, 0.2) is 0 Å². The molecule has 5 aromatic rings. The fourth-order valence-electron chi connectivity index (χ4n) is 4.60. The second kappa shape index (κ2) is 16.0. The predicted octanol–water partition coefficient (Wildman–Crippen LogP) is 7.59. The summed E-state index contributed by atoms with van der Waals surface area (Å²) in [7, 11) is 3.10. The van der Waals surface area contributed by atoms with E-state index in [1.165, 1.54) is 11.8 Å². The summed E-state index contributed by atoms with van der Waals surface area (Å²) in [5.74, 6) is 0.0185. The molecule has 0 aliphatic carbocycles. The van der Waals surface area contributed by atoms with Crippen LogP contribution in [0.25, 0.3) is 6.08 Å². The topological polar surface area (TPSA) is 106 Å². The van der Waals surface area contributed by atoms with Gasteiger partial charge in [0.2, 0.25) is 5.91 Å². The van der Waals surface area contributed by atoms with Crippen molar-refractivity contribution in [3.63, 3.8) is 0 Å². The van der Waals surface area contributed by atoms with Crippen molar-refractivity contribution in [2.24, 2.45) is 0 Å². The molecule has 47 heavy (non-hydrogen) atoms. The van der Waals surface area contributed by atoms with Crippen molar-refractivity contribution in [1.29, 1.82) is 0 Å². The van der Waals surface area contributed by atoms with Gasteiger partial charge < -0.3 is 25.4 Å². The summed E-state index contributed by atoms with van der Waals surface area (Å²) in [6, 6.07) is 39.8. The molecular weight excluding hydrogens is 611 g/mol. The predicted molar refractivity (Wildman–Crippen MR) is 187 cm³/mol. The Kier molecular flexibility index (Phi) is 11.1. The molecule has 5 aromatic carbocycles. The Labute approximate surface area is 277 Å². The van der Waals surface area contributed by atoms with Crippen LogP contribution >= 0.6 is 11.8 Å². The fraction of sp³-hybridized carbons (Fsp3) is 0.0789. The zero-order valence-electron chi connectivity index (χ0n) is 25.8. The molecule has 8 nitrogen and oxygen atoms in total. The van der Waals surface area contributed by atoms with Gasteiger partial charge in [-0.3, -0.25) is 14.4 Å². The Hall–Kier alpha value is -5.80. The number of rotatable bonds is 12. The third-order valence-electron chi connectivity index (χ3n) is 6.96. The number of nitrogens with one attached hydrogen (secondary N) is 3. The molecule has 236 valence electrons. The molecule has 1 unspecified atom stereocenters. The molecule has 0 saturated heterocycles. The lowest BCUT2D eigenvalue weighted by Crippen LogP contribution is -2.30. The minimum atomic E-state index is -0.581. The highest BCUT2D eigenvalue weighted by Gasteiger charge is 2.23. The molecule has 5 rings (SSSR count). The molecule has 3 N–H and O–H groups in total. The van der Waals surface area contributed by atoms with Crippen LogP contribution in [-0.2, 0) is 9.59 Å². The number of benzene rings is 5. The van der Waals surface area contributed by atoms with Crippen LogP contribution in [0, 0.1) is 0 Å². The number of carbonyl (C=O) groups is 3. The first-order valence-corrected chi connectivity index (χ1v) is 15.6. The van der Waals surface area contributed by atoms with E-state index >= 15 is 0 Å². The summed E-state index contributed by atoms with van der Waals surface area (Å²) in [5, 5.41) is 8.03. The number of thioether (sulfide) groups is 1. The van der Waals surface area contributed by atoms with E-state index in [1.807, 2.05) is 78.9 Å². The van der Waals surface area contributed by atoms with Crippen molar-refractivity contribution in [1.82, 2.24) is 5.32 Å². The van der Waals surface area contributed by atoms with Crippen LogP contribution < -0.4 is 25.4 Å². The maximum absolute atomic E-state index is 13.6. The Balaban J connectivity index is 1.32. The highest BCUT2D eigenvalue weighted by molar-refractivity contribution is 8.00. The summed E-state index contributed by atoms with van der Waals surface area (Å²) >= 11 is 1.38. The van der Waals surface area contributed by atoms with Crippen molar-refractivity contribution in [3.05, 3.63) is 156 Å². The van der Waals surface area contributed by atoms with Crippen molar-refractivity contribution < 1.29 is 23.9 Å². The van der Waals surface area contributed by atoms with E-state index in [2.05, 4.69) is 16.0 Å². The van der Waals surface area contributed by atoms with E-state index in [1.54, 1.807) is 74.9 Å². The molecule has 0 aromatic heterocycles. The second-order valence-corrected chi connectivity index (χ2v) is 11.4. The third-order valence-corrected chi connectivity index (χ3v) is 8.23. The van der Waals surface area contributed by atoms with Crippen molar-refractivity contribution in [2.45, 2.75) is 10.1 Å². The summed E-state index contributed by atoms with van der Waals surface area (Å²) in [5.41, 5.74) is 3.19. The molecule has 1 atom stereocenters. The number of amides is 3. The maximum atomic E-state index is 13.6. The summed E-state index contributed by atoms with van der Waals surface area (Å²) < 4.78 is 10.7. The molecule has 0 aliphatic heterocycles. The van der Waals surface area contributed by atoms with Crippen LogP contribution in [0.5, 0.6) is 11.5 Å². The Morgan fingerprint density at radius 3 is 1.83 bits per heavy atom. The van der Waals surface area contributed by atoms with Crippen LogP contribution in [0.2, 0.25) is 0 Å². The Morgan fingerprint density at radius 2 is 1.23 bits per heavy atom. The zero-order valence-corrected chi connectivity index (χ0v) is 26.6. The number of ether oxygens (including phenoxy) is 2. The Bertz CT molecular complexity index is 1830. The van der Waals surface area contributed by atoms with Gasteiger partial charge in [0.1, 0.15) is 22.4 Å². The smallest absolute Gasteiger partial charge is 0.272 e. The number of hydrogen-bond acceptors (Lipinski definition) is 6. The van der Waals surface area contributed by atoms with E-state index in [4.69, 9.17) is 9.47 Å². The van der Waals surface area contributed by atoms with Crippen LogP contribution in [0.1, 0.15) is 26.7 Å². The summed E-state index contributed by atoms with van der Waals surface area (Å²) in [6.45, 7) is 0. The zero-order chi connectivity index (χ0) is 33.0. The molecule has 0 radical (unpaired) electrons. The number of methoxy groups -OCH3 is 2. The summed E-state index contributed by atoms with van der Waals surface area (Å²) in [4.78, 5) is 40.8. The van der Waals surface area contributed by atoms with Crippen LogP contribution in [0.15, 0.2) is 144 Å². The van der Waals surface area contributed by atoms with Gasteiger partial charge in [-0.2, -0.15) is 0 Å². The highest BCUT2D eigenvalue weighted by atomic mass is 32.2. The van der Waals surface area contributed by atoms with Gasteiger partial charge in [0.25, 0.3) is 11.8 Å². The van der Waals surface area contributed by atoms with Crippen LogP contribution in [-0.4, -0.2) is 31.9 Å². The molecule has 3 amide bonds. The fourth-order valence-corrected chi connectivity index (χ4v) is 5.62. The van der Waals surface area contributed by atoms with Gasteiger partial charge in [-0.1, -0.05) is 78.9 Å². The lowest BCUT2D eigenvalue weighted by molar-refractivity contribution is -0.116. The van der Waals surface area contributed by atoms with Gasteiger partial charge in [0, 0.05) is 40.0 Å². The average Bonchev–Trinajstić information content (AvgIpc) is 3.11. The van der Waals surface area contributed by atoms with Crippen molar-refractivity contribution >= 4 is 46.9 Å². The van der Waals surface area contributed by atoms with Gasteiger partial charge in [0.05, 0.1) is 14.2 Å². The first-order chi connectivity index (χ1) is 22.9. The molecule has 9 heteroatoms. The van der Waals surface area contributed by atoms with Gasteiger partial charge in [-0.25, -0.2) is 0 Å². The van der Waals surface area contributed by atoms with Crippen molar-refractivity contribution in [3.8, 4) is 11.5 Å². The highest BCUT2D eigenvalue weighted by Crippen LogP contribution is 2.37. The third kappa shape index (κ3) is 9.12. The Morgan fingerprint density at radius 1 is 0.660 bits per heavy atom. The second-order valence-electron chi connectivity index (χ2n) is 10.3. The lowest BCUT2D eigenvalue weighted by atomic mass is 10.1. The van der Waals surface area contributed by atoms with E-state index in [-0.39, 0.29) is 11.6 Å². The minimum Gasteiger partial charge on any atom is -0.497 e. The van der Waals surface area contributed by atoms with Gasteiger partial charge in [-0.05, 0) is 53.6 Å². The number of anilines is 2. The monoisotopic (exact) mass is 643 g/mol. The first kappa shape index (κ1) is 32.6. The van der Waals surface area contributed by atoms with Crippen LogP contribution in [0.4, 0.5) is 11.4 Å². The normalized spacial score (nSPS) is 11.6. The molecule has 0 aliphatic rings.